The standard InChI is InChI=1S/C19H26N4O/c1-3-18-15-22(13-17-11-20-21(2)12-17)10-9-19(24)23(18)14-16-7-5-4-6-8-16/h4-8,11-12,18H,3,9-10,13-15H2,1-2H3/t18-/m0/s1. The second-order valence-electron chi connectivity index (χ2n) is 6.58. The lowest BCUT2D eigenvalue weighted by molar-refractivity contribution is -0.133. The number of aryl methyl sites for hydroxylation is 1. The first kappa shape index (κ1) is 16.7. The van der Waals surface area contributed by atoms with Crippen LogP contribution in [0.25, 0.3) is 0 Å². The summed E-state index contributed by atoms with van der Waals surface area (Å²) in [5.74, 6) is 0.263. The van der Waals surface area contributed by atoms with Crippen molar-refractivity contribution in [2.75, 3.05) is 13.1 Å². The van der Waals surface area contributed by atoms with Crippen molar-refractivity contribution in [2.45, 2.75) is 38.9 Å². The summed E-state index contributed by atoms with van der Waals surface area (Å²) >= 11 is 0. The number of rotatable bonds is 5. The van der Waals surface area contributed by atoms with Gasteiger partial charge in [0.15, 0.2) is 0 Å². The van der Waals surface area contributed by atoms with E-state index in [1.54, 1.807) is 0 Å². The third kappa shape index (κ3) is 4.03. The second kappa shape index (κ2) is 7.62. The van der Waals surface area contributed by atoms with E-state index in [1.807, 2.05) is 36.1 Å². The maximum absolute atomic E-state index is 12.7. The van der Waals surface area contributed by atoms with E-state index in [4.69, 9.17) is 0 Å². The summed E-state index contributed by atoms with van der Waals surface area (Å²) in [6.07, 6.45) is 5.52. The highest BCUT2D eigenvalue weighted by molar-refractivity contribution is 5.77. The number of carbonyl (C=O) groups is 1. The molecule has 0 unspecified atom stereocenters. The highest BCUT2D eigenvalue weighted by Crippen LogP contribution is 2.19. The first-order valence-corrected chi connectivity index (χ1v) is 8.69. The number of hydrogen-bond donors (Lipinski definition) is 0. The minimum absolute atomic E-state index is 0.261. The molecule has 2 heterocycles. The molecule has 1 aliphatic heterocycles. The van der Waals surface area contributed by atoms with Gasteiger partial charge in [-0.05, 0) is 12.0 Å². The lowest BCUT2D eigenvalue weighted by Crippen LogP contribution is -2.42. The molecule has 24 heavy (non-hydrogen) atoms. The Morgan fingerprint density at radius 1 is 1.17 bits per heavy atom. The summed E-state index contributed by atoms with van der Waals surface area (Å²) in [4.78, 5) is 17.1. The molecular weight excluding hydrogens is 300 g/mol. The Bertz CT molecular complexity index is 667. The lowest BCUT2D eigenvalue weighted by Gasteiger charge is -2.31. The van der Waals surface area contributed by atoms with Crippen molar-refractivity contribution >= 4 is 5.91 Å². The zero-order chi connectivity index (χ0) is 16.9. The molecule has 0 saturated carbocycles. The van der Waals surface area contributed by atoms with Gasteiger partial charge >= 0.3 is 0 Å². The number of nitrogens with zero attached hydrogens (tertiary/aromatic N) is 4. The van der Waals surface area contributed by atoms with Crippen molar-refractivity contribution in [3.05, 3.63) is 53.9 Å². The third-order valence-corrected chi connectivity index (χ3v) is 4.70. The molecule has 3 rings (SSSR count). The molecule has 0 spiro atoms. The molecule has 5 heteroatoms. The quantitative estimate of drug-likeness (QED) is 0.847. The summed E-state index contributed by atoms with van der Waals surface area (Å²) in [6.45, 7) is 5.47. The van der Waals surface area contributed by atoms with Crippen LogP contribution in [0.4, 0.5) is 0 Å². The van der Waals surface area contributed by atoms with Crippen molar-refractivity contribution in [2.24, 2.45) is 7.05 Å². The first-order valence-electron chi connectivity index (χ1n) is 8.69. The summed E-state index contributed by atoms with van der Waals surface area (Å²) in [6, 6.07) is 10.5. The number of carbonyl (C=O) groups excluding carboxylic acids is 1. The van der Waals surface area contributed by atoms with Gasteiger partial charge in [0.05, 0.1) is 6.20 Å². The van der Waals surface area contributed by atoms with E-state index in [1.165, 1.54) is 11.1 Å². The van der Waals surface area contributed by atoms with Crippen LogP contribution in [0.3, 0.4) is 0 Å². The molecule has 0 aliphatic carbocycles. The van der Waals surface area contributed by atoms with Crippen LogP contribution in [0.15, 0.2) is 42.7 Å². The molecule has 1 aromatic carbocycles. The van der Waals surface area contributed by atoms with E-state index in [2.05, 4.69) is 40.2 Å². The van der Waals surface area contributed by atoms with Gasteiger partial charge < -0.3 is 4.90 Å². The largest absolute Gasteiger partial charge is 0.334 e. The van der Waals surface area contributed by atoms with Crippen molar-refractivity contribution in [1.82, 2.24) is 19.6 Å². The van der Waals surface area contributed by atoms with E-state index in [9.17, 15) is 4.79 Å². The minimum Gasteiger partial charge on any atom is -0.334 e. The fourth-order valence-electron chi connectivity index (χ4n) is 3.39. The van der Waals surface area contributed by atoms with Gasteiger partial charge in [-0.1, -0.05) is 37.3 Å². The van der Waals surface area contributed by atoms with E-state index >= 15 is 0 Å². The van der Waals surface area contributed by atoms with Gasteiger partial charge in [0, 0.05) is 57.4 Å². The van der Waals surface area contributed by atoms with Gasteiger partial charge in [0.25, 0.3) is 0 Å². The summed E-state index contributed by atoms with van der Waals surface area (Å²) in [7, 11) is 1.94. The van der Waals surface area contributed by atoms with Crippen LogP contribution in [0, 0.1) is 0 Å². The number of aromatic nitrogens is 2. The summed E-state index contributed by atoms with van der Waals surface area (Å²) in [5.41, 5.74) is 2.40. The van der Waals surface area contributed by atoms with E-state index in [-0.39, 0.29) is 11.9 Å². The van der Waals surface area contributed by atoms with Gasteiger partial charge in [0.1, 0.15) is 0 Å². The monoisotopic (exact) mass is 326 g/mol. The number of benzene rings is 1. The smallest absolute Gasteiger partial charge is 0.224 e. The molecule has 0 radical (unpaired) electrons. The van der Waals surface area contributed by atoms with Gasteiger partial charge in [-0.3, -0.25) is 14.4 Å². The number of hydrogen-bond acceptors (Lipinski definition) is 3. The van der Waals surface area contributed by atoms with Crippen LogP contribution in [0.5, 0.6) is 0 Å². The van der Waals surface area contributed by atoms with E-state index in [0.29, 0.717) is 13.0 Å². The normalized spacial score (nSPS) is 19.5. The molecular formula is C19H26N4O. The highest BCUT2D eigenvalue weighted by atomic mass is 16.2. The maximum Gasteiger partial charge on any atom is 0.224 e. The molecule has 1 aliphatic rings. The van der Waals surface area contributed by atoms with Gasteiger partial charge in [0.2, 0.25) is 5.91 Å². The van der Waals surface area contributed by atoms with E-state index in [0.717, 1.165) is 26.1 Å². The lowest BCUT2D eigenvalue weighted by atomic mass is 10.1. The van der Waals surface area contributed by atoms with Crippen LogP contribution in [-0.4, -0.2) is 44.6 Å². The van der Waals surface area contributed by atoms with Crippen LogP contribution >= 0.6 is 0 Å². The van der Waals surface area contributed by atoms with Crippen molar-refractivity contribution in [3.8, 4) is 0 Å². The van der Waals surface area contributed by atoms with Crippen molar-refractivity contribution in [3.63, 3.8) is 0 Å². The Morgan fingerprint density at radius 2 is 1.96 bits per heavy atom. The predicted octanol–water partition coefficient (Wildman–Crippen LogP) is 2.43. The number of amides is 1. The Kier molecular flexibility index (Phi) is 5.30. The molecule has 1 amide bonds. The molecule has 1 atom stereocenters. The third-order valence-electron chi connectivity index (χ3n) is 4.70. The summed E-state index contributed by atoms with van der Waals surface area (Å²) < 4.78 is 1.83. The molecule has 128 valence electrons. The Hall–Kier alpha value is -2.14. The van der Waals surface area contributed by atoms with Gasteiger partial charge in [-0.2, -0.15) is 5.10 Å². The highest BCUT2D eigenvalue weighted by Gasteiger charge is 2.28. The molecule has 1 saturated heterocycles. The molecule has 5 nitrogen and oxygen atoms in total. The molecule has 1 fully saturated rings. The van der Waals surface area contributed by atoms with Crippen LogP contribution in [-0.2, 0) is 24.9 Å². The molecule has 0 bridgehead atoms. The van der Waals surface area contributed by atoms with Gasteiger partial charge in [-0.25, -0.2) is 0 Å². The average molecular weight is 326 g/mol. The maximum atomic E-state index is 12.7. The van der Waals surface area contributed by atoms with Crippen molar-refractivity contribution < 1.29 is 4.79 Å². The van der Waals surface area contributed by atoms with E-state index < -0.39 is 0 Å². The fourth-order valence-corrected chi connectivity index (χ4v) is 3.39. The SMILES string of the molecule is CC[C@H]1CN(Cc2cnn(C)c2)CCC(=O)N1Cc1ccccc1. The summed E-state index contributed by atoms with van der Waals surface area (Å²) in [5, 5.41) is 4.24. The Morgan fingerprint density at radius 3 is 2.62 bits per heavy atom. The topological polar surface area (TPSA) is 41.4 Å². The Balaban J connectivity index is 1.71. The van der Waals surface area contributed by atoms with Crippen LogP contribution < -0.4 is 0 Å². The first-order chi connectivity index (χ1) is 11.7. The Labute approximate surface area is 143 Å². The fraction of sp³-hybridized carbons (Fsp3) is 0.474. The molecule has 2 aromatic rings. The van der Waals surface area contributed by atoms with Gasteiger partial charge in [-0.15, -0.1) is 0 Å². The van der Waals surface area contributed by atoms with Crippen molar-refractivity contribution in [1.29, 1.82) is 0 Å². The average Bonchev–Trinajstić information content (AvgIpc) is 2.94. The molecule has 1 aromatic heterocycles. The predicted molar refractivity (Wildman–Crippen MR) is 94.2 cm³/mol. The molecule has 0 N–H and O–H groups in total. The minimum atomic E-state index is 0.261. The van der Waals surface area contributed by atoms with Crippen LogP contribution in [0.1, 0.15) is 30.9 Å². The van der Waals surface area contributed by atoms with Crippen LogP contribution in [0.2, 0.25) is 0 Å². The zero-order valence-corrected chi connectivity index (χ0v) is 14.6. The second-order valence-corrected chi connectivity index (χ2v) is 6.58. The zero-order valence-electron chi connectivity index (χ0n) is 14.6.